The summed E-state index contributed by atoms with van der Waals surface area (Å²) in [5.41, 5.74) is 8.87. The summed E-state index contributed by atoms with van der Waals surface area (Å²) >= 11 is 2.00. The van der Waals surface area contributed by atoms with E-state index in [1.54, 1.807) is 0 Å². The summed E-state index contributed by atoms with van der Waals surface area (Å²) in [4.78, 5) is 2.47. The first-order valence-corrected chi connectivity index (χ1v) is 15.7. The molecule has 0 N–H and O–H groups in total. The van der Waals surface area contributed by atoms with E-state index in [0.717, 1.165) is 52.4 Å². The summed E-state index contributed by atoms with van der Waals surface area (Å²) in [6.45, 7) is 17.0. The molecule has 2 heteroatoms. The first-order chi connectivity index (χ1) is 20.0. The van der Waals surface area contributed by atoms with Crippen molar-refractivity contribution >= 4 is 23.0 Å². The number of rotatable bonds is 12. The van der Waals surface area contributed by atoms with Crippen LogP contribution in [0.1, 0.15) is 49.4 Å². The molecule has 0 fully saturated rings. The minimum Gasteiger partial charge on any atom is -0.364 e. The van der Waals surface area contributed by atoms with Crippen LogP contribution >= 0.6 is 11.8 Å². The zero-order valence-corrected chi connectivity index (χ0v) is 25.5. The van der Waals surface area contributed by atoms with E-state index in [4.69, 9.17) is 6.58 Å². The van der Waals surface area contributed by atoms with Gasteiger partial charge in [0.05, 0.1) is 6.04 Å². The van der Waals surface area contributed by atoms with Crippen LogP contribution in [0.4, 0.5) is 0 Å². The fourth-order valence-electron chi connectivity index (χ4n) is 4.84. The lowest BCUT2D eigenvalue weighted by molar-refractivity contribution is 0.369. The number of benzene rings is 4. The van der Waals surface area contributed by atoms with Crippen molar-refractivity contribution in [3.05, 3.63) is 145 Å². The van der Waals surface area contributed by atoms with E-state index in [1.807, 2.05) is 42.1 Å². The Morgan fingerprint density at radius 2 is 1.32 bits per heavy atom. The Hall–Kier alpha value is -3.93. The molecule has 0 aromatic heterocycles. The maximum atomic E-state index is 4.70. The van der Waals surface area contributed by atoms with Crippen molar-refractivity contribution in [2.24, 2.45) is 5.92 Å². The van der Waals surface area contributed by atoms with Gasteiger partial charge in [-0.15, -0.1) is 0 Å². The van der Waals surface area contributed by atoms with E-state index < -0.39 is 0 Å². The molecule has 0 aliphatic heterocycles. The molecule has 1 nitrogen and oxygen atoms in total. The number of hydrogen-bond acceptors (Lipinski definition) is 2. The second-order valence-corrected chi connectivity index (χ2v) is 11.8. The first-order valence-electron chi connectivity index (χ1n) is 14.5. The molecule has 1 unspecified atom stereocenters. The summed E-state index contributed by atoms with van der Waals surface area (Å²) in [6.07, 6.45) is 1.02. The van der Waals surface area contributed by atoms with Crippen LogP contribution in [0.15, 0.2) is 122 Å². The van der Waals surface area contributed by atoms with Gasteiger partial charge < -0.3 is 4.90 Å². The molecule has 0 spiro atoms. The van der Waals surface area contributed by atoms with Crippen LogP contribution in [-0.2, 0) is 0 Å². The van der Waals surface area contributed by atoms with E-state index in [-0.39, 0.29) is 6.04 Å². The van der Waals surface area contributed by atoms with Gasteiger partial charge in [-0.3, -0.25) is 0 Å². The minimum atomic E-state index is 0.122. The Bertz CT molecular complexity index is 1490. The third-order valence-corrected chi connectivity index (χ3v) is 8.43. The topological polar surface area (TPSA) is 3.24 Å². The van der Waals surface area contributed by atoms with Gasteiger partial charge >= 0.3 is 0 Å². The third kappa shape index (κ3) is 8.53. The maximum Gasteiger partial charge on any atom is 0.0632 e. The minimum absolute atomic E-state index is 0.122. The highest BCUT2D eigenvalue weighted by atomic mass is 32.2. The molecule has 0 aliphatic rings. The van der Waals surface area contributed by atoms with Crippen LogP contribution in [0.25, 0.3) is 22.4 Å². The Balaban J connectivity index is 1.65. The second kappa shape index (κ2) is 15.2. The quantitative estimate of drug-likeness (QED) is 0.160. The highest BCUT2D eigenvalue weighted by molar-refractivity contribution is 7.99. The van der Waals surface area contributed by atoms with Gasteiger partial charge in [-0.2, -0.15) is 11.8 Å². The lowest BCUT2D eigenvalue weighted by Gasteiger charge is -2.37. The van der Waals surface area contributed by atoms with Gasteiger partial charge in [0.15, 0.2) is 0 Å². The van der Waals surface area contributed by atoms with Crippen LogP contribution in [0.2, 0.25) is 0 Å². The molecule has 4 aromatic rings. The summed E-state index contributed by atoms with van der Waals surface area (Å²) < 4.78 is 0. The largest absolute Gasteiger partial charge is 0.364 e. The van der Waals surface area contributed by atoms with E-state index in [0.29, 0.717) is 5.92 Å². The van der Waals surface area contributed by atoms with Gasteiger partial charge in [0.1, 0.15) is 0 Å². The van der Waals surface area contributed by atoms with Crippen LogP contribution < -0.4 is 0 Å². The van der Waals surface area contributed by atoms with Gasteiger partial charge in [0.25, 0.3) is 0 Å². The lowest BCUT2D eigenvalue weighted by Crippen LogP contribution is -2.37. The molecule has 4 rings (SSSR count). The van der Waals surface area contributed by atoms with E-state index in [1.165, 1.54) is 16.7 Å². The number of nitrogens with zero attached hydrogens (tertiary/aromatic N) is 1. The maximum absolute atomic E-state index is 4.70. The molecule has 4 aromatic carbocycles. The fourth-order valence-corrected chi connectivity index (χ4v) is 6.06. The molecule has 0 radical (unpaired) electrons. The van der Waals surface area contributed by atoms with Crippen molar-refractivity contribution < 1.29 is 0 Å². The molecule has 41 heavy (non-hydrogen) atoms. The molecule has 0 aliphatic carbocycles. The summed E-state index contributed by atoms with van der Waals surface area (Å²) in [6, 6.07) is 38.1. The average Bonchev–Trinajstić information content (AvgIpc) is 3.01. The van der Waals surface area contributed by atoms with Crippen molar-refractivity contribution in [2.45, 2.75) is 33.2 Å². The molecule has 0 saturated carbocycles. The van der Waals surface area contributed by atoms with Crippen molar-refractivity contribution in [2.75, 3.05) is 18.1 Å². The standard InChI is InChI=1S/C39H41NS/c1-6-25-40(32(5)37-21-13-17-34(26-37)24-23-33-15-9-7-10-16-33)39(29-41-28-30(2)3)31(4)36-20-14-22-38(27-36)35-18-11-8-12-19-35/h7-22,26-27,30,39H,4-6,25,28-29H2,1-3H3. The van der Waals surface area contributed by atoms with E-state index in [2.05, 4.69) is 123 Å². The molecule has 0 amide bonds. The van der Waals surface area contributed by atoms with Crippen molar-refractivity contribution in [1.82, 2.24) is 4.90 Å². The average molecular weight is 556 g/mol. The highest BCUT2D eigenvalue weighted by Gasteiger charge is 2.24. The first kappa shape index (κ1) is 30.0. The summed E-state index contributed by atoms with van der Waals surface area (Å²) in [5.74, 6) is 9.34. The molecule has 0 saturated heterocycles. The van der Waals surface area contributed by atoms with Crippen LogP contribution in [0.5, 0.6) is 0 Å². The van der Waals surface area contributed by atoms with E-state index >= 15 is 0 Å². The van der Waals surface area contributed by atoms with Crippen LogP contribution in [-0.4, -0.2) is 29.0 Å². The van der Waals surface area contributed by atoms with E-state index in [9.17, 15) is 0 Å². The zero-order chi connectivity index (χ0) is 29.0. The van der Waals surface area contributed by atoms with Crippen molar-refractivity contribution in [3.63, 3.8) is 0 Å². The Labute approximate surface area is 252 Å². The van der Waals surface area contributed by atoms with Crippen molar-refractivity contribution in [1.29, 1.82) is 0 Å². The molecule has 0 heterocycles. The Morgan fingerprint density at radius 3 is 2.02 bits per heavy atom. The van der Waals surface area contributed by atoms with Gasteiger partial charge in [0.2, 0.25) is 0 Å². The second-order valence-electron chi connectivity index (χ2n) is 10.8. The highest BCUT2D eigenvalue weighted by Crippen LogP contribution is 2.32. The lowest BCUT2D eigenvalue weighted by atomic mass is 9.95. The molecule has 1 atom stereocenters. The van der Waals surface area contributed by atoms with Gasteiger partial charge in [-0.05, 0) is 76.3 Å². The van der Waals surface area contributed by atoms with Crippen LogP contribution in [0, 0.1) is 17.8 Å². The zero-order valence-electron chi connectivity index (χ0n) is 24.6. The van der Waals surface area contributed by atoms with Gasteiger partial charge in [0, 0.05) is 29.1 Å². The summed E-state index contributed by atoms with van der Waals surface area (Å²) in [5, 5.41) is 0. The fraction of sp³-hybridized carbons (Fsp3) is 0.231. The Kier molecular flexibility index (Phi) is 11.1. The molecular weight excluding hydrogens is 515 g/mol. The normalized spacial score (nSPS) is 11.4. The summed E-state index contributed by atoms with van der Waals surface area (Å²) in [7, 11) is 0. The smallest absolute Gasteiger partial charge is 0.0632 e. The van der Waals surface area contributed by atoms with Gasteiger partial charge in [-0.1, -0.05) is 125 Å². The third-order valence-electron chi connectivity index (χ3n) is 6.98. The predicted octanol–water partition coefficient (Wildman–Crippen LogP) is 9.91. The SMILES string of the molecule is C=C(c1cccc(-c2ccccc2)c1)C(CSCC(C)C)N(CCC)C(=C)c1cccc(C#Cc2ccccc2)c1. The number of hydrogen-bond donors (Lipinski definition) is 0. The van der Waals surface area contributed by atoms with Gasteiger partial charge in [-0.25, -0.2) is 0 Å². The number of thioether (sulfide) groups is 1. The molecular formula is C39H41NS. The van der Waals surface area contributed by atoms with Crippen LogP contribution in [0.3, 0.4) is 0 Å². The molecule has 208 valence electrons. The monoisotopic (exact) mass is 555 g/mol. The van der Waals surface area contributed by atoms with Crippen molar-refractivity contribution in [3.8, 4) is 23.0 Å². The molecule has 0 bridgehead atoms. The predicted molar refractivity (Wildman–Crippen MR) is 182 cm³/mol. The Morgan fingerprint density at radius 1 is 0.707 bits per heavy atom.